The van der Waals surface area contributed by atoms with Crippen molar-refractivity contribution < 1.29 is 4.79 Å². The molecule has 0 bridgehead atoms. The molecule has 16 heavy (non-hydrogen) atoms. The summed E-state index contributed by atoms with van der Waals surface area (Å²) in [5.41, 5.74) is 0.580. The number of benzene rings is 1. The zero-order valence-electron chi connectivity index (χ0n) is 8.87. The van der Waals surface area contributed by atoms with E-state index in [1.165, 1.54) is 4.90 Å². The minimum atomic E-state index is -0.433. The first-order valence-electron chi connectivity index (χ1n) is 4.59. The van der Waals surface area contributed by atoms with Gasteiger partial charge in [-0.1, -0.05) is 0 Å². The standard InChI is InChI=1S/C11H10BrIN2O/c1-7(6-14)15(2)11(16)9-5-8(13)3-4-10(9)12/h3-5,7H,1-2H3. The van der Waals surface area contributed by atoms with Gasteiger partial charge in [0.05, 0.1) is 11.6 Å². The number of halogens is 2. The largest absolute Gasteiger partial charge is 0.326 e. The topological polar surface area (TPSA) is 44.1 Å². The van der Waals surface area contributed by atoms with Crippen LogP contribution in [-0.4, -0.2) is 23.9 Å². The normalized spacial score (nSPS) is 11.7. The lowest BCUT2D eigenvalue weighted by Gasteiger charge is -2.20. The molecule has 1 aromatic rings. The van der Waals surface area contributed by atoms with Crippen LogP contribution in [0.1, 0.15) is 17.3 Å². The van der Waals surface area contributed by atoms with Crippen molar-refractivity contribution in [1.29, 1.82) is 5.26 Å². The summed E-state index contributed by atoms with van der Waals surface area (Å²) in [4.78, 5) is 13.5. The quantitative estimate of drug-likeness (QED) is 0.726. The predicted octanol–water partition coefficient (Wildman–Crippen LogP) is 3.04. The number of nitriles is 1. The van der Waals surface area contributed by atoms with Gasteiger partial charge in [-0.3, -0.25) is 4.79 Å². The number of hydrogen-bond acceptors (Lipinski definition) is 2. The number of amides is 1. The molecule has 84 valence electrons. The molecule has 1 aromatic carbocycles. The van der Waals surface area contributed by atoms with E-state index in [0.29, 0.717) is 5.56 Å². The van der Waals surface area contributed by atoms with Gasteiger partial charge in [0.15, 0.2) is 0 Å². The number of carbonyl (C=O) groups is 1. The highest BCUT2D eigenvalue weighted by molar-refractivity contribution is 14.1. The van der Waals surface area contributed by atoms with Gasteiger partial charge in [-0.15, -0.1) is 0 Å². The summed E-state index contributed by atoms with van der Waals surface area (Å²) in [7, 11) is 1.63. The Morgan fingerprint density at radius 1 is 1.62 bits per heavy atom. The fourth-order valence-electron chi connectivity index (χ4n) is 1.11. The Kier molecular flexibility index (Phi) is 4.74. The van der Waals surface area contributed by atoms with Crippen LogP contribution in [-0.2, 0) is 0 Å². The van der Waals surface area contributed by atoms with Crippen LogP contribution in [0.4, 0.5) is 0 Å². The van der Waals surface area contributed by atoms with Crippen LogP contribution in [0.2, 0.25) is 0 Å². The first-order valence-corrected chi connectivity index (χ1v) is 6.46. The maximum absolute atomic E-state index is 12.1. The number of rotatable bonds is 2. The molecule has 0 aliphatic heterocycles. The Hall–Kier alpha value is -0.610. The Labute approximate surface area is 117 Å². The Morgan fingerprint density at radius 3 is 2.81 bits per heavy atom. The van der Waals surface area contributed by atoms with Crippen LogP contribution in [0.3, 0.4) is 0 Å². The minimum absolute atomic E-state index is 0.153. The molecule has 0 aromatic heterocycles. The number of carbonyl (C=O) groups excluding carboxylic acids is 1. The second-order valence-corrected chi connectivity index (χ2v) is 5.45. The second kappa shape index (κ2) is 5.64. The third-order valence-electron chi connectivity index (χ3n) is 2.25. The van der Waals surface area contributed by atoms with Crippen molar-refractivity contribution in [2.75, 3.05) is 7.05 Å². The van der Waals surface area contributed by atoms with Crippen molar-refractivity contribution >= 4 is 44.4 Å². The van der Waals surface area contributed by atoms with Crippen LogP contribution >= 0.6 is 38.5 Å². The lowest BCUT2D eigenvalue weighted by atomic mass is 10.2. The fourth-order valence-corrected chi connectivity index (χ4v) is 2.02. The Morgan fingerprint density at radius 2 is 2.25 bits per heavy atom. The van der Waals surface area contributed by atoms with Crippen LogP contribution in [0.15, 0.2) is 22.7 Å². The van der Waals surface area contributed by atoms with E-state index < -0.39 is 6.04 Å². The molecule has 0 heterocycles. The van der Waals surface area contributed by atoms with E-state index in [2.05, 4.69) is 38.5 Å². The second-order valence-electron chi connectivity index (χ2n) is 3.35. The van der Waals surface area contributed by atoms with Gasteiger partial charge in [0.2, 0.25) is 0 Å². The molecule has 0 aliphatic carbocycles. The van der Waals surface area contributed by atoms with Gasteiger partial charge < -0.3 is 4.90 Å². The van der Waals surface area contributed by atoms with E-state index in [9.17, 15) is 4.79 Å². The van der Waals surface area contributed by atoms with Gasteiger partial charge >= 0.3 is 0 Å². The lowest BCUT2D eigenvalue weighted by molar-refractivity contribution is 0.0772. The third kappa shape index (κ3) is 2.95. The number of hydrogen-bond donors (Lipinski definition) is 0. The molecule has 0 radical (unpaired) electrons. The molecule has 0 fully saturated rings. The average Bonchev–Trinajstić information content (AvgIpc) is 2.29. The van der Waals surface area contributed by atoms with Crippen LogP contribution in [0.25, 0.3) is 0 Å². The first-order chi connectivity index (χ1) is 7.47. The maximum atomic E-state index is 12.1. The summed E-state index contributed by atoms with van der Waals surface area (Å²) >= 11 is 5.49. The van der Waals surface area contributed by atoms with Crippen LogP contribution in [0.5, 0.6) is 0 Å². The summed E-state index contributed by atoms with van der Waals surface area (Å²) in [5.74, 6) is -0.153. The highest BCUT2D eigenvalue weighted by Gasteiger charge is 2.19. The van der Waals surface area contributed by atoms with Crippen molar-refractivity contribution in [1.82, 2.24) is 4.90 Å². The average molecular weight is 393 g/mol. The number of nitrogens with zero attached hydrogens (tertiary/aromatic N) is 2. The molecule has 0 aliphatic rings. The zero-order valence-corrected chi connectivity index (χ0v) is 12.6. The smallest absolute Gasteiger partial charge is 0.255 e. The molecule has 3 nitrogen and oxygen atoms in total. The lowest BCUT2D eigenvalue weighted by Crippen LogP contribution is -2.34. The molecular formula is C11H10BrIN2O. The fraction of sp³-hybridized carbons (Fsp3) is 0.273. The van der Waals surface area contributed by atoms with E-state index >= 15 is 0 Å². The van der Waals surface area contributed by atoms with E-state index in [1.54, 1.807) is 20.0 Å². The molecule has 1 rings (SSSR count). The summed E-state index contributed by atoms with van der Waals surface area (Å²) in [5, 5.41) is 8.77. The zero-order chi connectivity index (χ0) is 12.3. The summed E-state index contributed by atoms with van der Waals surface area (Å²) in [6.45, 7) is 1.69. The monoisotopic (exact) mass is 392 g/mol. The third-order valence-corrected chi connectivity index (χ3v) is 3.61. The van der Waals surface area contributed by atoms with Crippen molar-refractivity contribution in [2.24, 2.45) is 0 Å². The molecule has 5 heteroatoms. The molecule has 1 amide bonds. The SMILES string of the molecule is CC(C#N)N(C)C(=O)c1cc(I)ccc1Br. The molecule has 1 atom stereocenters. The highest BCUT2D eigenvalue weighted by atomic mass is 127. The summed E-state index contributed by atoms with van der Waals surface area (Å²) in [6.07, 6.45) is 0. The Balaban J connectivity index is 3.06. The van der Waals surface area contributed by atoms with Gasteiger partial charge in [-0.25, -0.2) is 0 Å². The van der Waals surface area contributed by atoms with Crippen molar-refractivity contribution in [3.63, 3.8) is 0 Å². The molecule has 0 spiro atoms. The van der Waals surface area contributed by atoms with E-state index in [-0.39, 0.29) is 5.91 Å². The van der Waals surface area contributed by atoms with Gasteiger partial charge in [-0.2, -0.15) is 5.26 Å². The molecular weight excluding hydrogens is 383 g/mol. The Bertz CT molecular complexity index is 456. The van der Waals surface area contributed by atoms with Crippen LogP contribution < -0.4 is 0 Å². The van der Waals surface area contributed by atoms with Crippen molar-refractivity contribution in [3.8, 4) is 6.07 Å². The molecule has 0 saturated heterocycles. The van der Waals surface area contributed by atoms with E-state index in [4.69, 9.17) is 5.26 Å². The molecule has 1 unspecified atom stereocenters. The van der Waals surface area contributed by atoms with Gasteiger partial charge in [0.1, 0.15) is 6.04 Å². The van der Waals surface area contributed by atoms with Crippen molar-refractivity contribution in [3.05, 3.63) is 31.8 Å². The van der Waals surface area contributed by atoms with E-state index in [1.807, 2.05) is 18.2 Å². The summed E-state index contributed by atoms with van der Waals surface area (Å²) in [6, 6.07) is 7.15. The summed E-state index contributed by atoms with van der Waals surface area (Å²) < 4.78 is 1.73. The van der Waals surface area contributed by atoms with Gasteiger partial charge in [0.25, 0.3) is 5.91 Å². The maximum Gasteiger partial charge on any atom is 0.255 e. The molecule has 0 saturated carbocycles. The highest BCUT2D eigenvalue weighted by Crippen LogP contribution is 2.21. The predicted molar refractivity (Wildman–Crippen MR) is 74.0 cm³/mol. The van der Waals surface area contributed by atoms with E-state index in [0.717, 1.165) is 8.04 Å². The molecule has 0 N–H and O–H groups in total. The van der Waals surface area contributed by atoms with Gasteiger partial charge in [0, 0.05) is 15.1 Å². The van der Waals surface area contributed by atoms with Crippen molar-refractivity contribution in [2.45, 2.75) is 13.0 Å². The first kappa shape index (κ1) is 13.5. The van der Waals surface area contributed by atoms with Gasteiger partial charge in [-0.05, 0) is 63.6 Å². The minimum Gasteiger partial charge on any atom is -0.326 e. The van der Waals surface area contributed by atoms with Crippen LogP contribution in [0, 0.1) is 14.9 Å².